The maximum absolute atomic E-state index is 4.41. The molecule has 0 bridgehead atoms. The van der Waals surface area contributed by atoms with Crippen LogP contribution in [0, 0.1) is 0 Å². The number of hydrogen-bond acceptors (Lipinski definition) is 2. The highest BCUT2D eigenvalue weighted by atomic mass is 15.0. The van der Waals surface area contributed by atoms with Crippen LogP contribution in [0.1, 0.15) is 16.7 Å². The van der Waals surface area contributed by atoms with Gasteiger partial charge in [-0.2, -0.15) is 0 Å². The van der Waals surface area contributed by atoms with Crippen LogP contribution in [0.2, 0.25) is 0 Å². The van der Waals surface area contributed by atoms with E-state index in [1.54, 1.807) is 12.4 Å². The smallest absolute Gasteiger partial charge is 0.159 e. The molecule has 218 valence electrons. The Bertz CT molecular complexity index is 2230. The predicted molar refractivity (Wildman–Crippen MR) is 192 cm³/mol. The van der Waals surface area contributed by atoms with Gasteiger partial charge in [-0.05, 0) is 70.1 Å². The molecule has 0 saturated heterocycles. The summed E-state index contributed by atoms with van der Waals surface area (Å²) in [6, 6.07) is 56.1. The maximum atomic E-state index is 4.41. The van der Waals surface area contributed by atoms with Crippen LogP contribution in [0.25, 0.3) is 61.7 Å². The number of para-hydroxylation sites is 2. The molecule has 0 atom stereocenters. The summed E-state index contributed by atoms with van der Waals surface area (Å²) in [7, 11) is 0. The van der Waals surface area contributed by atoms with Crippen LogP contribution in [0.15, 0.2) is 170 Å². The lowest BCUT2D eigenvalue weighted by atomic mass is 9.94. The number of hydrogen-bond donors (Lipinski definition) is 0. The molecule has 8 aromatic rings. The van der Waals surface area contributed by atoms with E-state index in [4.69, 9.17) is 0 Å². The molecule has 0 radical (unpaired) electrons. The van der Waals surface area contributed by atoms with Crippen LogP contribution in [0.4, 0.5) is 0 Å². The molecule has 6 aromatic carbocycles. The van der Waals surface area contributed by atoms with Gasteiger partial charge in [0, 0.05) is 34.4 Å². The number of rotatable bonds is 7. The first-order valence-electron chi connectivity index (χ1n) is 15.6. The summed E-state index contributed by atoms with van der Waals surface area (Å²) in [5.74, 6) is 0.737. The highest BCUT2D eigenvalue weighted by Crippen LogP contribution is 2.33. The van der Waals surface area contributed by atoms with Crippen molar-refractivity contribution in [2.75, 3.05) is 0 Å². The average Bonchev–Trinajstić information content (AvgIpc) is 3.47. The molecule has 3 nitrogen and oxygen atoms in total. The van der Waals surface area contributed by atoms with Crippen LogP contribution >= 0.6 is 0 Å². The van der Waals surface area contributed by atoms with Crippen molar-refractivity contribution in [2.45, 2.75) is 6.42 Å². The summed E-state index contributed by atoms with van der Waals surface area (Å²) in [4.78, 5) is 8.81. The van der Waals surface area contributed by atoms with Gasteiger partial charge in [0.25, 0.3) is 0 Å². The standard InChI is InChI=1S/C43H31N3/c1-2-9-31(10-3-1)29-37(35-19-21-36(22-20-35)43-44-27-8-28-45-43)30-32-15-17-33(18-16-32)34-23-25-38(26-24-34)46-41-13-6-4-11-39(41)40-12-5-7-14-42(40)46/h1-29H,30H2/b37-29-. The van der Waals surface area contributed by atoms with Gasteiger partial charge in [-0.15, -0.1) is 0 Å². The van der Waals surface area contributed by atoms with Crippen molar-refractivity contribution in [1.29, 1.82) is 0 Å². The molecule has 3 heteroatoms. The first-order chi connectivity index (χ1) is 22.8. The van der Waals surface area contributed by atoms with E-state index in [0.717, 1.165) is 17.8 Å². The van der Waals surface area contributed by atoms with Crippen LogP contribution in [0.3, 0.4) is 0 Å². The van der Waals surface area contributed by atoms with Gasteiger partial charge in [-0.3, -0.25) is 0 Å². The maximum Gasteiger partial charge on any atom is 0.159 e. The molecule has 8 rings (SSSR count). The summed E-state index contributed by atoms with van der Waals surface area (Å²) < 4.78 is 2.36. The van der Waals surface area contributed by atoms with E-state index < -0.39 is 0 Å². The number of nitrogens with zero attached hydrogens (tertiary/aromatic N) is 3. The number of fused-ring (bicyclic) bond motifs is 3. The Balaban J connectivity index is 1.07. The molecular weight excluding hydrogens is 558 g/mol. The summed E-state index contributed by atoms with van der Waals surface area (Å²) in [6.45, 7) is 0. The lowest BCUT2D eigenvalue weighted by molar-refractivity contribution is 1.17. The summed E-state index contributed by atoms with van der Waals surface area (Å²) >= 11 is 0. The molecule has 0 unspecified atom stereocenters. The SMILES string of the molecule is C(=C(\Cc1ccc(-c2ccc(-n3c4ccccc4c4ccccc43)cc2)cc1)c1ccc(-c2ncccn2)cc1)/c1ccccc1. The van der Waals surface area contributed by atoms with Crippen LogP contribution in [0.5, 0.6) is 0 Å². The summed E-state index contributed by atoms with van der Waals surface area (Å²) in [6.07, 6.45) is 6.67. The van der Waals surface area contributed by atoms with E-state index in [0.29, 0.717) is 0 Å². The average molecular weight is 590 g/mol. The lowest BCUT2D eigenvalue weighted by Gasteiger charge is -2.12. The topological polar surface area (TPSA) is 30.7 Å². The highest BCUT2D eigenvalue weighted by molar-refractivity contribution is 6.09. The van der Waals surface area contributed by atoms with Gasteiger partial charge in [-0.1, -0.05) is 133 Å². The van der Waals surface area contributed by atoms with Gasteiger partial charge in [0.2, 0.25) is 0 Å². The Morgan fingerprint density at radius 2 is 1.04 bits per heavy atom. The minimum atomic E-state index is 0.737. The molecule has 0 aliphatic rings. The van der Waals surface area contributed by atoms with Crippen molar-refractivity contribution in [3.63, 3.8) is 0 Å². The molecule has 0 amide bonds. The van der Waals surface area contributed by atoms with E-state index in [9.17, 15) is 0 Å². The lowest BCUT2D eigenvalue weighted by Crippen LogP contribution is -1.94. The molecule has 2 heterocycles. The summed E-state index contributed by atoms with van der Waals surface area (Å²) in [5, 5.41) is 2.55. The Labute approximate surface area is 268 Å². The van der Waals surface area contributed by atoms with Crippen molar-refractivity contribution in [3.8, 4) is 28.2 Å². The van der Waals surface area contributed by atoms with Gasteiger partial charge >= 0.3 is 0 Å². The fraction of sp³-hybridized carbons (Fsp3) is 0.0233. The number of allylic oxidation sites excluding steroid dienone is 1. The number of aromatic nitrogens is 3. The Morgan fingerprint density at radius 3 is 1.67 bits per heavy atom. The molecule has 46 heavy (non-hydrogen) atoms. The van der Waals surface area contributed by atoms with Gasteiger partial charge in [0.1, 0.15) is 0 Å². The van der Waals surface area contributed by atoms with Crippen LogP contribution < -0.4 is 0 Å². The largest absolute Gasteiger partial charge is 0.309 e. The van der Waals surface area contributed by atoms with E-state index >= 15 is 0 Å². The fourth-order valence-corrected chi connectivity index (χ4v) is 6.31. The second-order valence-electron chi connectivity index (χ2n) is 11.5. The van der Waals surface area contributed by atoms with E-state index in [1.807, 2.05) is 6.07 Å². The molecular formula is C43H31N3. The molecule has 2 aromatic heterocycles. The quantitative estimate of drug-likeness (QED) is 0.173. The zero-order chi connectivity index (χ0) is 30.7. The zero-order valence-electron chi connectivity index (χ0n) is 25.3. The monoisotopic (exact) mass is 589 g/mol. The second-order valence-corrected chi connectivity index (χ2v) is 11.5. The Morgan fingerprint density at radius 1 is 0.500 bits per heavy atom. The molecule has 0 aliphatic carbocycles. The highest BCUT2D eigenvalue weighted by Gasteiger charge is 2.12. The van der Waals surface area contributed by atoms with Crippen molar-refractivity contribution in [3.05, 3.63) is 187 Å². The van der Waals surface area contributed by atoms with Crippen molar-refractivity contribution < 1.29 is 0 Å². The molecule has 0 N–H and O–H groups in total. The molecule has 0 fully saturated rings. The van der Waals surface area contributed by atoms with Gasteiger partial charge < -0.3 is 4.57 Å². The Kier molecular flexibility index (Phi) is 7.26. The van der Waals surface area contributed by atoms with Crippen molar-refractivity contribution >= 4 is 33.5 Å². The first kappa shape index (κ1) is 27.5. The third kappa shape index (κ3) is 5.40. The van der Waals surface area contributed by atoms with E-state index in [-0.39, 0.29) is 0 Å². The van der Waals surface area contributed by atoms with Gasteiger partial charge in [0.15, 0.2) is 5.82 Å². The van der Waals surface area contributed by atoms with Gasteiger partial charge in [0.05, 0.1) is 11.0 Å². The second kappa shape index (κ2) is 12.1. The minimum absolute atomic E-state index is 0.737. The van der Waals surface area contributed by atoms with Crippen LogP contribution in [-0.2, 0) is 6.42 Å². The normalized spacial score (nSPS) is 11.7. The molecule has 0 aliphatic heterocycles. The van der Waals surface area contributed by atoms with Crippen LogP contribution in [-0.4, -0.2) is 14.5 Å². The third-order valence-electron chi connectivity index (χ3n) is 8.61. The summed E-state index contributed by atoms with van der Waals surface area (Å²) in [5.41, 5.74) is 11.9. The first-order valence-corrected chi connectivity index (χ1v) is 15.6. The van der Waals surface area contributed by atoms with E-state index in [1.165, 1.54) is 60.9 Å². The third-order valence-corrected chi connectivity index (χ3v) is 8.61. The Hall–Kier alpha value is -6.06. The van der Waals surface area contributed by atoms with Crippen molar-refractivity contribution in [1.82, 2.24) is 14.5 Å². The van der Waals surface area contributed by atoms with Crippen molar-refractivity contribution in [2.24, 2.45) is 0 Å². The van der Waals surface area contributed by atoms with Gasteiger partial charge in [-0.25, -0.2) is 9.97 Å². The minimum Gasteiger partial charge on any atom is -0.309 e. The molecule has 0 saturated carbocycles. The molecule has 0 spiro atoms. The predicted octanol–water partition coefficient (Wildman–Crippen LogP) is 10.7. The fourth-order valence-electron chi connectivity index (χ4n) is 6.31. The zero-order valence-corrected chi connectivity index (χ0v) is 25.3. The number of benzene rings is 6. The van der Waals surface area contributed by atoms with E-state index in [2.05, 4.69) is 172 Å².